The average Bonchev–Trinajstić information content (AvgIpc) is 3.36. The fourth-order valence-corrected chi connectivity index (χ4v) is 4.59. The summed E-state index contributed by atoms with van der Waals surface area (Å²) in [5.74, 6) is 3.59. The standard InChI is InChI=1S/C19H29N5O.2ClH/c1-13-20-8-5-19(21-13)22-18-12-24(11-17(18)15-3-4-15)16-6-9-23(10-7-16)14(2)25;;/h5,8,15-18H,3-4,6-7,9-12H2,1-2H3,(H,20,21,22);2*1H/t17-,18+;;/m1../s1. The second kappa shape index (κ2) is 9.39. The Morgan fingerprint density at radius 2 is 1.85 bits per heavy atom. The first kappa shape index (κ1) is 22.2. The van der Waals surface area contributed by atoms with Crippen LogP contribution in [0.15, 0.2) is 12.3 Å². The summed E-state index contributed by atoms with van der Waals surface area (Å²) in [6.07, 6.45) is 6.80. The molecule has 1 saturated carbocycles. The van der Waals surface area contributed by atoms with Gasteiger partial charge in [-0.15, -0.1) is 24.8 Å². The number of hydrogen-bond donors (Lipinski definition) is 1. The van der Waals surface area contributed by atoms with E-state index in [4.69, 9.17) is 0 Å². The Kier molecular flexibility index (Phi) is 7.72. The van der Waals surface area contributed by atoms with Gasteiger partial charge in [0.05, 0.1) is 0 Å². The maximum atomic E-state index is 11.5. The lowest BCUT2D eigenvalue weighted by Gasteiger charge is -2.36. The number of rotatable bonds is 4. The molecule has 2 atom stereocenters. The van der Waals surface area contributed by atoms with Crippen molar-refractivity contribution in [2.24, 2.45) is 11.8 Å². The number of hydrogen-bond acceptors (Lipinski definition) is 5. The van der Waals surface area contributed by atoms with Gasteiger partial charge in [0.25, 0.3) is 0 Å². The summed E-state index contributed by atoms with van der Waals surface area (Å²) < 4.78 is 0. The molecule has 1 aromatic heterocycles. The number of amides is 1. The van der Waals surface area contributed by atoms with E-state index in [0.29, 0.717) is 12.1 Å². The van der Waals surface area contributed by atoms with Gasteiger partial charge >= 0.3 is 0 Å². The highest BCUT2D eigenvalue weighted by molar-refractivity contribution is 5.85. The molecular formula is C19H31Cl2N5O. The zero-order chi connectivity index (χ0) is 17.4. The number of anilines is 1. The van der Waals surface area contributed by atoms with Gasteiger partial charge in [-0.2, -0.15) is 0 Å². The van der Waals surface area contributed by atoms with Crippen molar-refractivity contribution in [3.8, 4) is 0 Å². The maximum Gasteiger partial charge on any atom is 0.219 e. The van der Waals surface area contributed by atoms with E-state index in [2.05, 4.69) is 20.2 Å². The third-order valence-electron chi connectivity index (χ3n) is 6.16. The minimum absolute atomic E-state index is 0. The monoisotopic (exact) mass is 415 g/mol. The number of aromatic nitrogens is 2. The SMILES string of the molecule is CC(=O)N1CCC(N2C[C@H](Nc3ccnc(C)n3)[C@@H](C3CC3)C2)CC1.Cl.Cl. The van der Waals surface area contributed by atoms with E-state index < -0.39 is 0 Å². The van der Waals surface area contributed by atoms with Crippen molar-refractivity contribution in [1.29, 1.82) is 0 Å². The van der Waals surface area contributed by atoms with Crippen LogP contribution in [0.25, 0.3) is 0 Å². The molecule has 1 aliphatic carbocycles. The molecule has 0 radical (unpaired) electrons. The van der Waals surface area contributed by atoms with Crippen molar-refractivity contribution in [3.63, 3.8) is 0 Å². The summed E-state index contributed by atoms with van der Waals surface area (Å²) in [7, 11) is 0. The van der Waals surface area contributed by atoms with Gasteiger partial charge < -0.3 is 10.2 Å². The lowest BCUT2D eigenvalue weighted by molar-refractivity contribution is -0.130. The second-order valence-corrected chi connectivity index (χ2v) is 7.93. The summed E-state index contributed by atoms with van der Waals surface area (Å²) in [6, 6.07) is 3.08. The molecular weight excluding hydrogens is 385 g/mol. The van der Waals surface area contributed by atoms with Gasteiger partial charge in [-0.1, -0.05) is 0 Å². The summed E-state index contributed by atoms with van der Waals surface area (Å²) in [5, 5.41) is 3.69. The molecule has 3 fully saturated rings. The number of piperidine rings is 1. The minimum atomic E-state index is 0. The molecule has 8 heteroatoms. The number of halogens is 2. The number of carbonyl (C=O) groups excluding carboxylic acids is 1. The third-order valence-corrected chi connectivity index (χ3v) is 6.16. The first-order valence-corrected chi connectivity index (χ1v) is 9.66. The summed E-state index contributed by atoms with van der Waals surface area (Å²) in [5.41, 5.74) is 0. The molecule has 6 nitrogen and oxygen atoms in total. The Hall–Kier alpha value is -1.11. The summed E-state index contributed by atoms with van der Waals surface area (Å²) in [6.45, 7) is 7.73. The van der Waals surface area contributed by atoms with Crippen molar-refractivity contribution >= 4 is 36.5 Å². The van der Waals surface area contributed by atoms with E-state index in [9.17, 15) is 4.79 Å². The van der Waals surface area contributed by atoms with E-state index >= 15 is 0 Å². The van der Waals surface area contributed by atoms with Crippen molar-refractivity contribution in [1.82, 2.24) is 19.8 Å². The number of nitrogens with zero attached hydrogens (tertiary/aromatic N) is 4. The van der Waals surface area contributed by atoms with E-state index in [1.165, 1.54) is 19.4 Å². The van der Waals surface area contributed by atoms with Crippen LogP contribution in [0.5, 0.6) is 0 Å². The molecule has 0 unspecified atom stereocenters. The fraction of sp³-hybridized carbons (Fsp3) is 0.737. The highest BCUT2D eigenvalue weighted by Crippen LogP contribution is 2.43. The van der Waals surface area contributed by atoms with Gasteiger partial charge in [-0.05, 0) is 50.5 Å². The molecule has 27 heavy (non-hydrogen) atoms. The average molecular weight is 416 g/mol. The van der Waals surface area contributed by atoms with Crippen LogP contribution in [-0.4, -0.2) is 63.9 Å². The third kappa shape index (κ3) is 5.24. The molecule has 1 N–H and O–H groups in total. The van der Waals surface area contributed by atoms with Crippen LogP contribution in [0.3, 0.4) is 0 Å². The predicted molar refractivity (Wildman–Crippen MR) is 112 cm³/mol. The Morgan fingerprint density at radius 1 is 1.15 bits per heavy atom. The van der Waals surface area contributed by atoms with Crippen LogP contribution in [0.1, 0.15) is 38.4 Å². The minimum Gasteiger partial charge on any atom is -0.366 e. The largest absolute Gasteiger partial charge is 0.366 e. The smallest absolute Gasteiger partial charge is 0.219 e. The second-order valence-electron chi connectivity index (χ2n) is 7.93. The van der Waals surface area contributed by atoms with Crippen LogP contribution in [0.4, 0.5) is 5.82 Å². The van der Waals surface area contributed by atoms with Gasteiger partial charge in [0.2, 0.25) is 5.91 Å². The van der Waals surface area contributed by atoms with Gasteiger partial charge in [0, 0.05) is 51.4 Å². The molecule has 1 amide bonds. The first-order chi connectivity index (χ1) is 12.1. The molecule has 0 bridgehead atoms. The maximum absolute atomic E-state index is 11.5. The van der Waals surface area contributed by atoms with Gasteiger partial charge in [0.1, 0.15) is 11.6 Å². The topological polar surface area (TPSA) is 61.4 Å². The van der Waals surface area contributed by atoms with E-state index in [1.807, 2.05) is 24.1 Å². The molecule has 2 aliphatic heterocycles. The zero-order valence-electron chi connectivity index (χ0n) is 16.1. The number of nitrogens with one attached hydrogen (secondary N) is 1. The number of likely N-dealkylation sites (tertiary alicyclic amines) is 2. The van der Waals surface area contributed by atoms with Gasteiger partial charge in [0.15, 0.2) is 0 Å². The molecule has 3 heterocycles. The highest BCUT2D eigenvalue weighted by atomic mass is 35.5. The number of carbonyl (C=O) groups is 1. The highest BCUT2D eigenvalue weighted by Gasteiger charge is 2.44. The Labute approximate surface area is 174 Å². The predicted octanol–water partition coefficient (Wildman–Crippen LogP) is 2.76. The molecule has 3 aliphatic rings. The van der Waals surface area contributed by atoms with Gasteiger partial charge in [-0.3, -0.25) is 9.69 Å². The first-order valence-electron chi connectivity index (χ1n) is 9.66. The molecule has 1 aromatic rings. The van der Waals surface area contributed by atoms with Crippen LogP contribution in [-0.2, 0) is 4.79 Å². The Balaban J connectivity index is 0.00000131. The van der Waals surface area contributed by atoms with Crippen molar-refractivity contribution in [2.45, 2.75) is 51.6 Å². The van der Waals surface area contributed by atoms with Crippen LogP contribution in [0.2, 0.25) is 0 Å². The normalized spacial score (nSPS) is 26.2. The van der Waals surface area contributed by atoms with Crippen LogP contribution < -0.4 is 5.32 Å². The Morgan fingerprint density at radius 3 is 2.44 bits per heavy atom. The molecule has 152 valence electrons. The summed E-state index contributed by atoms with van der Waals surface area (Å²) in [4.78, 5) is 24.9. The lowest BCUT2D eigenvalue weighted by Crippen LogP contribution is -2.46. The van der Waals surface area contributed by atoms with E-state index in [0.717, 1.165) is 56.0 Å². The van der Waals surface area contributed by atoms with Crippen molar-refractivity contribution in [2.75, 3.05) is 31.5 Å². The van der Waals surface area contributed by atoms with E-state index in [-0.39, 0.29) is 30.7 Å². The molecule has 2 saturated heterocycles. The van der Waals surface area contributed by atoms with Crippen molar-refractivity contribution < 1.29 is 4.79 Å². The quantitative estimate of drug-likeness (QED) is 0.818. The van der Waals surface area contributed by atoms with Crippen molar-refractivity contribution in [3.05, 3.63) is 18.1 Å². The lowest BCUT2D eigenvalue weighted by atomic mass is 9.98. The fourth-order valence-electron chi connectivity index (χ4n) is 4.59. The van der Waals surface area contributed by atoms with E-state index in [1.54, 1.807) is 6.92 Å². The molecule has 4 rings (SSSR count). The van der Waals surface area contributed by atoms with Crippen LogP contribution >= 0.6 is 24.8 Å². The number of aryl methyl sites for hydroxylation is 1. The zero-order valence-corrected chi connectivity index (χ0v) is 17.8. The molecule has 0 spiro atoms. The molecule has 0 aromatic carbocycles. The Bertz CT molecular complexity index is 634. The summed E-state index contributed by atoms with van der Waals surface area (Å²) >= 11 is 0. The van der Waals surface area contributed by atoms with Gasteiger partial charge in [-0.25, -0.2) is 9.97 Å². The van der Waals surface area contributed by atoms with Crippen LogP contribution in [0, 0.1) is 18.8 Å².